The van der Waals surface area contributed by atoms with E-state index in [4.69, 9.17) is 10.5 Å². The number of methoxy groups -OCH3 is 1. The molecule has 0 aliphatic rings. The quantitative estimate of drug-likeness (QED) is 0.335. The molecule has 0 saturated heterocycles. The first-order valence-corrected chi connectivity index (χ1v) is 9.15. The minimum atomic E-state index is -0.464. The van der Waals surface area contributed by atoms with Crippen molar-refractivity contribution in [2.24, 2.45) is 0 Å². The Labute approximate surface area is 168 Å². The number of carbonyl (C=O) groups is 2. The van der Waals surface area contributed by atoms with Crippen LogP contribution < -0.4 is 15.8 Å². The highest BCUT2D eigenvalue weighted by Crippen LogP contribution is 2.34. The summed E-state index contributed by atoms with van der Waals surface area (Å²) in [6, 6.07) is 16.4. The van der Waals surface area contributed by atoms with Crippen LogP contribution in [0.15, 0.2) is 60.7 Å². The number of nitrogens with two attached hydrogens (primary N) is 1. The van der Waals surface area contributed by atoms with Crippen molar-refractivity contribution in [1.82, 2.24) is 0 Å². The molecule has 6 heteroatoms. The van der Waals surface area contributed by atoms with E-state index in [2.05, 4.69) is 5.32 Å². The van der Waals surface area contributed by atoms with E-state index in [1.807, 2.05) is 19.1 Å². The third kappa shape index (κ3) is 4.21. The summed E-state index contributed by atoms with van der Waals surface area (Å²) < 4.78 is 5.10. The number of aryl methyl sites for hydroxylation is 1. The minimum absolute atomic E-state index is 0.0614. The van der Waals surface area contributed by atoms with Gasteiger partial charge in [-0.05, 0) is 60.5 Å². The van der Waals surface area contributed by atoms with Crippen LogP contribution in [0.5, 0.6) is 11.5 Å². The molecule has 0 radical (unpaired) electrons. The monoisotopic (exact) mass is 390 g/mol. The molecule has 29 heavy (non-hydrogen) atoms. The Morgan fingerprint density at radius 2 is 1.59 bits per heavy atom. The smallest absolute Gasteiger partial charge is 0.255 e. The van der Waals surface area contributed by atoms with Crippen molar-refractivity contribution in [2.45, 2.75) is 13.3 Å². The first kappa shape index (κ1) is 19.9. The van der Waals surface area contributed by atoms with Gasteiger partial charge in [-0.2, -0.15) is 0 Å². The van der Waals surface area contributed by atoms with Gasteiger partial charge in [0.15, 0.2) is 5.78 Å². The van der Waals surface area contributed by atoms with Crippen LogP contribution in [0.4, 0.5) is 11.4 Å². The highest BCUT2D eigenvalue weighted by atomic mass is 16.5. The zero-order valence-electron chi connectivity index (χ0n) is 16.2. The molecule has 0 unspecified atom stereocenters. The number of carbonyl (C=O) groups excluding carboxylic acids is 2. The number of hydrogen-bond acceptors (Lipinski definition) is 5. The van der Waals surface area contributed by atoms with Crippen LogP contribution in [-0.2, 0) is 6.42 Å². The summed E-state index contributed by atoms with van der Waals surface area (Å²) in [5, 5.41) is 13.0. The summed E-state index contributed by atoms with van der Waals surface area (Å²) in [6.07, 6.45) is 0.863. The van der Waals surface area contributed by atoms with Crippen LogP contribution in [0.25, 0.3) is 0 Å². The fourth-order valence-electron chi connectivity index (χ4n) is 2.94. The molecular weight excluding hydrogens is 368 g/mol. The summed E-state index contributed by atoms with van der Waals surface area (Å²) >= 11 is 0. The predicted octanol–water partition coefficient (Wildman–Crippen LogP) is 4.03. The van der Waals surface area contributed by atoms with Crippen molar-refractivity contribution >= 4 is 23.1 Å². The molecule has 0 aromatic heterocycles. The molecule has 0 saturated carbocycles. The second kappa shape index (κ2) is 8.48. The average molecular weight is 390 g/mol. The number of amides is 1. The number of phenols is 1. The number of benzene rings is 3. The molecule has 0 heterocycles. The summed E-state index contributed by atoms with van der Waals surface area (Å²) in [5.41, 5.74) is 8.08. The van der Waals surface area contributed by atoms with Gasteiger partial charge in [-0.15, -0.1) is 0 Å². The molecule has 0 bridgehead atoms. The van der Waals surface area contributed by atoms with Crippen LogP contribution in [0.1, 0.15) is 38.8 Å². The zero-order chi connectivity index (χ0) is 21.0. The number of nitrogen functional groups attached to an aromatic ring is 1. The lowest BCUT2D eigenvalue weighted by molar-refractivity contribution is 0.102. The standard InChI is InChI=1S/C23H22N2O4/c1-3-14-4-6-16(7-5-14)23(28)25-21-18(24)12-13-19(26)20(21)22(27)15-8-10-17(29-2)11-9-15/h4-13,26H,3,24H2,1-2H3,(H,25,28). The van der Waals surface area contributed by atoms with Gasteiger partial charge in [-0.25, -0.2) is 0 Å². The average Bonchev–Trinajstić information content (AvgIpc) is 2.76. The maximum atomic E-state index is 13.0. The number of ether oxygens (including phenoxy) is 1. The molecule has 0 aliphatic carbocycles. The number of rotatable bonds is 6. The van der Waals surface area contributed by atoms with Gasteiger partial charge in [0.25, 0.3) is 5.91 Å². The lowest BCUT2D eigenvalue weighted by Gasteiger charge is -2.15. The number of ketones is 1. The Bertz CT molecular complexity index is 1040. The zero-order valence-corrected chi connectivity index (χ0v) is 16.2. The normalized spacial score (nSPS) is 10.4. The van der Waals surface area contributed by atoms with Gasteiger partial charge >= 0.3 is 0 Å². The third-order valence-electron chi connectivity index (χ3n) is 4.66. The van der Waals surface area contributed by atoms with Gasteiger partial charge < -0.3 is 20.9 Å². The first-order chi connectivity index (χ1) is 13.9. The van der Waals surface area contributed by atoms with Gasteiger partial charge in [-0.3, -0.25) is 9.59 Å². The van der Waals surface area contributed by atoms with E-state index >= 15 is 0 Å². The van der Waals surface area contributed by atoms with Crippen molar-refractivity contribution in [3.8, 4) is 11.5 Å². The Hall–Kier alpha value is -3.80. The molecule has 0 aliphatic heterocycles. The van der Waals surface area contributed by atoms with Gasteiger partial charge in [-0.1, -0.05) is 19.1 Å². The molecule has 1 amide bonds. The van der Waals surface area contributed by atoms with Gasteiger partial charge in [0.05, 0.1) is 24.0 Å². The van der Waals surface area contributed by atoms with E-state index in [0.29, 0.717) is 16.9 Å². The van der Waals surface area contributed by atoms with E-state index in [1.165, 1.54) is 19.2 Å². The number of hydrogen-bond donors (Lipinski definition) is 3. The number of aromatic hydroxyl groups is 1. The molecule has 3 aromatic carbocycles. The summed E-state index contributed by atoms with van der Waals surface area (Å²) in [5.74, 6) is -0.554. The topological polar surface area (TPSA) is 102 Å². The Kier molecular flexibility index (Phi) is 5.83. The van der Waals surface area contributed by atoms with E-state index in [-0.39, 0.29) is 22.7 Å². The van der Waals surface area contributed by atoms with Gasteiger partial charge in [0, 0.05) is 11.1 Å². The van der Waals surface area contributed by atoms with Crippen molar-refractivity contribution in [2.75, 3.05) is 18.2 Å². The first-order valence-electron chi connectivity index (χ1n) is 9.15. The number of anilines is 2. The van der Waals surface area contributed by atoms with Crippen LogP contribution in [-0.4, -0.2) is 23.9 Å². The maximum absolute atomic E-state index is 13.0. The second-order valence-corrected chi connectivity index (χ2v) is 6.49. The Morgan fingerprint density at radius 1 is 0.966 bits per heavy atom. The molecule has 0 fully saturated rings. The molecular formula is C23H22N2O4. The van der Waals surface area contributed by atoms with E-state index < -0.39 is 11.7 Å². The lowest BCUT2D eigenvalue weighted by atomic mass is 9.99. The van der Waals surface area contributed by atoms with E-state index in [0.717, 1.165) is 12.0 Å². The molecule has 6 nitrogen and oxygen atoms in total. The fraction of sp³-hybridized carbons (Fsp3) is 0.130. The number of phenolic OH excluding ortho intramolecular Hbond substituents is 1. The van der Waals surface area contributed by atoms with Gasteiger partial charge in [0.2, 0.25) is 0 Å². The number of nitrogens with one attached hydrogen (secondary N) is 1. The third-order valence-corrected chi connectivity index (χ3v) is 4.66. The largest absolute Gasteiger partial charge is 0.507 e. The molecule has 4 N–H and O–H groups in total. The van der Waals surface area contributed by atoms with Crippen LogP contribution in [0.2, 0.25) is 0 Å². The highest BCUT2D eigenvalue weighted by Gasteiger charge is 2.22. The highest BCUT2D eigenvalue weighted by molar-refractivity contribution is 6.18. The summed E-state index contributed by atoms with van der Waals surface area (Å²) in [7, 11) is 1.53. The maximum Gasteiger partial charge on any atom is 0.255 e. The minimum Gasteiger partial charge on any atom is -0.507 e. The Morgan fingerprint density at radius 3 is 2.17 bits per heavy atom. The SMILES string of the molecule is CCc1ccc(C(=O)Nc2c(N)ccc(O)c2C(=O)c2ccc(OC)cc2)cc1. The van der Waals surface area contributed by atoms with Crippen molar-refractivity contribution < 1.29 is 19.4 Å². The summed E-state index contributed by atoms with van der Waals surface area (Å²) in [4.78, 5) is 25.7. The van der Waals surface area contributed by atoms with Crippen LogP contribution in [0.3, 0.4) is 0 Å². The lowest BCUT2D eigenvalue weighted by Crippen LogP contribution is -2.17. The van der Waals surface area contributed by atoms with Crippen molar-refractivity contribution in [1.29, 1.82) is 0 Å². The second-order valence-electron chi connectivity index (χ2n) is 6.49. The van der Waals surface area contributed by atoms with Crippen LogP contribution in [0, 0.1) is 0 Å². The molecule has 0 spiro atoms. The van der Waals surface area contributed by atoms with Crippen molar-refractivity contribution in [3.63, 3.8) is 0 Å². The molecule has 148 valence electrons. The summed E-state index contributed by atoms with van der Waals surface area (Å²) in [6.45, 7) is 2.03. The molecule has 0 atom stereocenters. The Balaban J connectivity index is 1.97. The predicted molar refractivity (Wildman–Crippen MR) is 113 cm³/mol. The van der Waals surface area contributed by atoms with E-state index in [9.17, 15) is 14.7 Å². The molecule has 3 rings (SSSR count). The van der Waals surface area contributed by atoms with Gasteiger partial charge in [0.1, 0.15) is 11.5 Å². The molecule has 3 aromatic rings. The van der Waals surface area contributed by atoms with Crippen LogP contribution >= 0.6 is 0 Å². The van der Waals surface area contributed by atoms with Crippen molar-refractivity contribution in [3.05, 3.63) is 82.9 Å². The van der Waals surface area contributed by atoms with E-state index in [1.54, 1.807) is 36.4 Å². The fourth-order valence-corrected chi connectivity index (χ4v) is 2.94.